The number of hydrogen-bond acceptors (Lipinski definition) is 5. The van der Waals surface area contributed by atoms with Gasteiger partial charge in [-0.25, -0.2) is 4.79 Å². The molecule has 7 heteroatoms. The maximum atomic E-state index is 11.3. The molecule has 2 amide bonds. The number of nitrogens with zero attached hydrogens (tertiary/aromatic N) is 2. The lowest BCUT2D eigenvalue weighted by Crippen LogP contribution is -2.29. The van der Waals surface area contributed by atoms with Gasteiger partial charge < -0.3 is 5.32 Å². The maximum absolute atomic E-state index is 11.3. The molecular weight excluding hydrogens is 244 g/mol. The molecule has 0 unspecified atom stereocenters. The van der Waals surface area contributed by atoms with Crippen molar-refractivity contribution in [2.24, 2.45) is 0 Å². The van der Waals surface area contributed by atoms with E-state index in [4.69, 9.17) is 0 Å². The highest BCUT2D eigenvalue weighted by Gasteiger charge is 2.01. The predicted molar refractivity (Wildman–Crippen MR) is 69.3 cm³/mol. The second-order valence-electron chi connectivity index (χ2n) is 3.30. The van der Waals surface area contributed by atoms with Crippen molar-refractivity contribution in [3.8, 4) is 0 Å². The summed E-state index contributed by atoms with van der Waals surface area (Å²) in [6.45, 7) is 0.699. The number of carbonyl (C=O) groups excluding carboxylic acids is 1. The fourth-order valence-electron chi connectivity index (χ4n) is 1.17. The number of carbonyl (C=O) groups is 1. The fraction of sp³-hybridized carbons (Fsp3) is 0.667. The molecule has 0 fully saturated rings. The second-order valence-corrected chi connectivity index (χ2v) is 4.53. The number of unbranched alkanes of at least 4 members (excludes halogenated alkanes) is 3. The summed E-state index contributed by atoms with van der Waals surface area (Å²) in [6.07, 6.45) is 5.97. The number of aromatic nitrogens is 2. The van der Waals surface area contributed by atoms with Crippen molar-refractivity contribution in [1.82, 2.24) is 14.9 Å². The minimum absolute atomic E-state index is 0.194. The molecule has 1 rings (SSSR count). The minimum atomic E-state index is -0.194. The number of hydrogen-bond donors (Lipinski definition) is 3. The van der Waals surface area contributed by atoms with E-state index < -0.39 is 0 Å². The Kier molecular flexibility index (Phi) is 6.91. The van der Waals surface area contributed by atoms with Crippen LogP contribution in [-0.4, -0.2) is 27.9 Å². The molecule has 1 heterocycles. The smallest absolute Gasteiger partial charge is 0.319 e. The third kappa shape index (κ3) is 5.92. The summed E-state index contributed by atoms with van der Waals surface area (Å²) in [6, 6.07) is -0.194. The fourth-order valence-corrected chi connectivity index (χ4v) is 1.81. The SMILES string of the molecule is O=C(NCCCCCCS)Nc1cnns1. The third-order valence-corrected chi connectivity index (χ3v) is 2.86. The second kappa shape index (κ2) is 8.35. The Bertz CT molecular complexity index is 292. The molecule has 0 saturated heterocycles. The van der Waals surface area contributed by atoms with E-state index in [1.165, 1.54) is 12.6 Å². The van der Waals surface area contributed by atoms with E-state index in [1.807, 2.05) is 0 Å². The molecule has 0 radical (unpaired) electrons. The van der Waals surface area contributed by atoms with Crippen molar-refractivity contribution in [3.63, 3.8) is 0 Å². The molecule has 1 aromatic heterocycles. The Balaban J connectivity index is 1.98. The van der Waals surface area contributed by atoms with E-state index in [2.05, 4.69) is 32.8 Å². The lowest BCUT2D eigenvalue weighted by molar-refractivity contribution is 0.252. The first-order chi connectivity index (χ1) is 7.83. The van der Waals surface area contributed by atoms with E-state index in [0.717, 1.165) is 36.5 Å². The molecule has 0 atom stereocenters. The molecular formula is C9H16N4OS2. The van der Waals surface area contributed by atoms with E-state index in [0.29, 0.717) is 11.5 Å². The van der Waals surface area contributed by atoms with Gasteiger partial charge in [0.05, 0.1) is 6.20 Å². The van der Waals surface area contributed by atoms with Gasteiger partial charge in [0, 0.05) is 18.1 Å². The first kappa shape index (κ1) is 13.2. The first-order valence-electron chi connectivity index (χ1n) is 5.26. The number of urea groups is 1. The number of rotatable bonds is 7. The quantitative estimate of drug-likeness (QED) is 0.520. The standard InChI is InChI=1S/C9H16N4OS2/c14-9(12-8-7-11-13-16-8)10-5-3-1-2-4-6-15/h7,15H,1-6H2,(H2,10,12,14). The van der Waals surface area contributed by atoms with Crippen LogP contribution in [0, 0.1) is 0 Å². The molecule has 0 aliphatic heterocycles. The van der Waals surface area contributed by atoms with Crippen molar-refractivity contribution < 1.29 is 4.79 Å². The monoisotopic (exact) mass is 260 g/mol. The molecule has 1 aromatic rings. The molecule has 0 spiro atoms. The molecule has 0 aromatic carbocycles. The van der Waals surface area contributed by atoms with Gasteiger partial charge >= 0.3 is 6.03 Å². The van der Waals surface area contributed by atoms with E-state index in [1.54, 1.807) is 0 Å². The highest BCUT2D eigenvalue weighted by Crippen LogP contribution is 2.08. The van der Waals surface area contributed by atoms with E-state index in [9.17, 15) is 4.79 Å². The summed E-state index contributed by atoms with van der Waals surface area (Å²) < 4.78 is 3.65. The Morgan fingerprint density at radius 3 is 2.88 bits per heavy atom. The van der Waals surface area contributed by atoms with Gasteiger partial charge in [-0.3, -0.25) is 5.32 Å². The average Bonchev–Trinajstić information content (AvgIpc) is 2.76. The van der Waals surface area contributed by atoms with Crippen molar-refractivity contribution in [3.05, 3.63) is 6.20 Å². The largest absolute Gasteiger partial charge is 0.338 e. The van der Waals surface area contributed by atoms with Gasteiger partial charge in [0.2, 0.25) is 0 Å². The van der Waals surface area contributed by atoms with Crippen LogP contribution >= 0.6 is 24.2 Å². The zero-order valence-corrected chi connectivity index (χ0v) is 10.7. The van der Waals surface area contributed by atoms with Crippen LogP contribution in [0.3, 0.4) is 0 Å². The summed E-state index contributed by atoms with van der Waals surface area (Å²) in [4.78, 5) is 11.3. The van der Waals surface area contributed by atoms with Crippen molar-refractivity contribution in [1.29, 1.82) is 0 Å². The van der Waals surface area contributed by atoms with E-state index in [-0.39, 0.29) is 6.03 Å². The number of thiol groups is 1. The number of amides is 2. The summed E-state index contributed by atoms with van der Waals surface area (Å²) >= 11 is 5.30. The van der Waals surface area contributed by atoms with E-state index >= 15 is 0 Å². The van der Waals surface area contributed by atoms with Gasteiger partial charge in [-0.15, -0.1) is 5.10 Å². The summed E-state index contributed by atoms with van der Waals surface area (Å²) in [7, 11) is 0. The van der Waals surface area contributed by atoms with Gasteiger partial charge in [0.25, 0.3) is 0 Å². The van der Waals surface area contributed by atoms with Gasteiger partial charge in [0.1, 0.15) is 5.00 Å². The van der Waals surface area contributed by atoms with Crippen LogP contribution in [-0.2, 0) is 0 Å². The Labute approximate surface area is 105 Å². The topological polar surface area (TPSA) is 66.9 Å². The van der Waals surface area contributed by atoms with Gasteiger partial charge in [0.15, 0.2) is 0 Å². The first-order valence-corrected chi connectivity index (χ1v) is 6.66. The van der Waals surface area contributed by atoms with Crippen molar-refractivity contribution in [2.45, 2.75) is 25.7 Å². The highest BCUT2D eigenvalue weighted by molar-refractivity contribution is 7.80. The normalized spacial score (nSPS) is 10.1. The van der Waals surface area contributed by atoms with Gasteiger partial charge in [-0.05, 0) is 18.6 Å². The number of nitrogens with one attached hydrogen (secondary N) is 2. The van der Waals surface area contributed by atoms with Crippen LogP contribution in [0.2, 0.25) is 0 Å². The van der Waals surface area contributed by atoms with Crippen LogP contribution in [0.5, 0.6) is 0 Å². The zero-order chi connectivity index (χ0) is 11.6. The molecule has 0 saturated carbocycles. The Hall–Kier alpha value is -0.820. The molecule has 90 valence electrons. The summed E-state index contributed by atoms with van der Waals surface area (Å²) in [5.74, 6) is 0.937. The molecule has 0 aliphatic carbocycles. The van der Waals surface area contributed by atoms with Crippen LogP contribution in [0.4, 0.5) is 9.80 Å². The van der Waals surface area contributed by atoms with Crippen LogP contribution in [0.1, 0.15) is 25.7 Å². The van der Waals surface area contributed by atoms with Crippen molar-refractivity contribution in [2.75, 3.05) is 17.6 Å². The highest BCUT2D eigenvalue weighted by atomic mass is 32.1. The van der Waals surface area contributed by atoms with Crippen molar-refractivity contribution >= 4 is 35.2 Å². The van der Waals surface area contributed by atoms with Crippen LogP contribution < -0.4 is 10.6 Å². The minimum Gasteiger partial charge on any atom is -0.338 e. The van der Waals surface area contributed by atoms with Crippen LogP contribution in [0.15, 0.2) is 6.20 Å². The van der Waals surface area contributed by atoms with Crippen LogP contribution in [0.25, 0.3) is 0 Å². The summed E-state index contributed by atoms with van der Waals surface area (Å²) in [5.41, 5.74) is 0. The Morgan fingerprint density at radius 2 is 2.19 bits per heavy atom. The molecule has 0 bridgehead atoms. The molecule has 0 aliphatic rings. The average molecular weight is 260 g/mol. The zero-order valence-electron chi connectivity index (χ0n) is 8.98. The molecule has 16 heavy (non-hydrogen) atoms. The molecule has 2 N–H and O–H groups in total. The Morgan fingerprint density at radius 1 is 1.38 bits per heavy atom. The summed E-state index contributed by atoms with van der Waals surface area (Å²) in [5, 5.41) is 9.72. The third-order valence-electron chi connectivity index (χ3n) is 1.97. The van der Waals surface area contributed by atoms with Gasteiger partial charge in [-0.1, -0.05) is 17.3 Å². The maximum Gasteiger partial charge on any atom is 0.319 e. The van der Waals surface area contributed by atoms with Gasteiger partial charge in [-0.2, -0.15) is 12.6 Å². The molecule has 5 nitrogen and oxygen atoms in total. The lowest BCUT2D eigenvalue weighted by atomic mass is 10.2. The predicted octanol–water partition coefficient (Wildman–Crippen LogP) is 2.15. The lowest BCUT2D eigenvalue weighted by Gasteiger charge is -2.04. The number of anilines is 1.